The van der Waals surface area contributed by atoms with Crippen LogP contribution in [0.4, 0.5) is 20.4 Å². The van der Waals surface area contributed by atoms with Gasteiger partial charge in [0.25, 0.3) is 5.56 Å². The van der Waals surface area contributed by atoms with Gasteiger partial charge in [0, 0.05) is 6.20 Å². The number of alkyl halides is 2. The summed E-state index contributed by atoms with van der Waals surface area (Å²) >= 11 is 5.13. The number of nitrogens with one attached hydrogen (secondary N) is 1. The maximum atomic E-state index is 15.9. The number of ether oxygens (including phenoxy) is 2. The molecule has 7 N–H and O–H groups in total. The van der Waals surface area contributed by atoms with Gasteiger partial charge in [0.1, 0.15) is 29.9 Å². The number of aromatic nitrogens is 7. The number of hydrogen-bond acceptors (Lipinski definition) is 15. The summed E-state index contributed by atoms with van der Waals surface area (Å²) in [5.74, 6) is -0.281. The van der Waals surface area contributed by atoms with E-state index < -0.39 is 82.5 Å². The second-order valence-electron chi connectivity index (χ2n) is 10.2. The highest BCUT2D eigenvalue weighted by molar-refractivity contribution is 8.07. The largest absolute Gasteiger partial charge is 0.472 e. The van der Waals surface area contributed by atoms with Crippen molar-refractivity contribution in [3.63, 3.8) is 0 Å². The molecule has 3 aliphatic rings. The predicted molar refractivity (Wildman–Crippen MR) is 150 cm³/mol. The number of nitrogens with zero attached hydrogens (tertiary/aromatic N) is 6. The number of pyridine rings is 1. The lowest BCUT2D eigenvalue weighted by Crippen LogP contribution is -2.34. The molecule has 7 rings (SSSR count). The quantitative estimate of drug-likeness (QED) is 0.177. The van der Waals surface area contributed by atoms with E-state index in [1.165, 1.54) is 23.2 Å². The molecule has 3 aliphatic heterocycles. The van der Waals surface area contributed by atoms with Crippen molar-refractivity contribution < 1.29 is 50.7 Å². The first-order chi connectivity index (χ1) is 21.3. The number of hydrogen-bond donors (Lipinski definition) is 5. The molecule has 4 aromatic rings. The van der Waals surface area contributed by atoms with Crippen molar-refractivity contribution in [1.82, 2.24) is 34.1 Å². The minimum absolute atomic E-state index is 0.126. The Balaban J connectivity index is 1.21. The molecule has 45 heavy (non-hydrogen) atoms. The fourth-order valence-corrected chi connectivity index (χ4v) is 7.68. The van der Waals surface area contributed by atoms with Crippen LogP contribution in [0.2, 0.25) is 0 Å². The molecular formula is C21H23F2N9O10P2S. The Morgan fingerprint density at radius 1 is 0.933 bits per heavy atom. The van der Waals surface area contributed by atoms with E-state index in [4.69, 9.17) is 50.8 Å². The number of imidazole rings is 2. The van der Waals surface area contributed by atoms with E-state index in [-0.39, 0.29) is 34.0 Å². The van der Waals surface area contributed by atoms with Crippen molar-refractivity contribution in [2.24, 2.45) is 0 Å². The van der Waals surface area contributed by atoms with E-state index in [2.05, 4.69) is 24.9 Å². The Hall–Kier alpha value is -3.01. The van der Waals surface area contributed by atoms with Crippen LogP contribution in [-0.4, -0.2) is 93.8 Å². The summed E-state index contributed by atoms with van der Waals surface area (Å²) in [5.41, 5.74) is 11.2. The minimum Gasteiger partial charge on any atom is -0.397 e. The highest BCUT2D eigenvalue weighted by Gasteiger charge is 2.54. The van der Waals surface area contributed by atoms with Crippen LogP contribution in [-0.2, 0) is 43.9 Å². The highest BCUT2D eigenvalue weighted by Crippen LogP contribution is 2.54. The molecule has 2 bridgehead atoms. The van der Waals surface area contributed by atoms with Crippen molar-refractivity contribution in [2.75, 3.05) is 24.7 Å². The second-order valence-corrected chi connectivity index (χ2v) is 14.4. The van der Waals surface area contributed by atoms with Crippen LogP contribution < -0.4 is 17.0 Å². The van der Waals surface area contributed by atoms with Crippen LogP contribution in [0.5, 0.6) is 0 Å². The van der Waals surface area contributed by atoms with Crippen LogP contribution >= 0.6 is 14.5 Å². The van der Waals surface area contributed by atoms with Crippen molar-refractivity contribution in [3.8, 4) is 0 Å². The molecule has 19 nitrogen and oxygen atoms in total. The van der Waals surface area contributed by atoms with Crippen LogP contribution in [0, 0.1) is 0 Å². The molecule has 0 spiro atoms. The van der Waals surface area contributed by atoms with Crippen LogP contribution in [0.15, 0.2) is 29.7 Å². The average molecular weight is 693 g/mol. The first-order valence-electron chi connectivity index (χ1n) is 13.0. The lowest BCUT2D eigenvalue weighted by atomic mass is 10.1. The standard InChI is InChI=1S/C21H23F2N9O10P2S/c22-10-8-3-37-43(34,35)41-14-9(40-19(11(14)23)31-5-27-12-7(24)1-2-26-16(12)31)4-38-44(36,45)42-15(10)20(39-8)32-6-28-13-17(32)29-21(25)30-18(13)33/h1-2,5-6,8-11,14-15,19-20H,3-4H2,(H2,24,26)(H,34,35)(H,36,45)(H3,25,29,30,33)/t8-,9-,10-,11+,14-,15+,19-,20-,44?/m1/s1. The number of halogens is 2. The second kappa shape index (κ2) is 11.1. The zero-order valence-electron chi connectivity index (χ0n) is 22.4. The molecule has 2 unspecified atom stereocenters. The normalized spacial score (nSPS) is 37.7. The molecule has 0 amide bonds. The lowest BCUT2D eigenvalue weighted by molar-refractivity contribution is -0.0630. The Morgan fingerprint density at radius 2 is 1.62 bits per heavy atom. The molecule has 0 aromatic carbocycles. The third-order valence-corrected chi connectivity index (χ3v) is 9.88. The summed E-state index contributed by atoms with van der Waals surface area (Å²) in [6.45, 7) is -6.04. The van der Waals surface area contributed by atoms with Gasteiger partial charge >= 0.3 is 14.5 Å². The number of anilines is 2. The molecule has 3 fully saturated rings. The van der Waals surface area contributed by atoms with Crippen molar-refractivity contribution >= 4 is 60.3 Å². The zero-order valence-corrected chi connectivity index (χ0v) is 25.0. The fraction of sp³-hybridized carbons (Fsp3) is 0.476. The Kier molecular flexibility index (Phi) is 7.53. The number of phosphoric acid groups is 1. The van der Waals surface area contributed by atoms with Crippen LogP contribution in [0.25, 0.3) is 22.3 Å². The van der Waals surface area contributed by atoms with Gasteiger partial charge in [-0.2, -0.15) is 4.98 Å². The van der Waals surface area contributed by atoms with Gasteiger partial charge in [0.05, 0.1) is 31.6 Å². The number of rotatable bonds is 2. The van der Waals surface area contributed by atoms with E-state index in [1.807, 2.05) is 0 Å². The maximum absolute atomic E-state index is 15.9. The fourth-order valence-electron chi connectivity index (χ4n) is 5.32. The van der Waals surface area contributed by atoms with E-state index >= 15 is 8.78 Å². The number of aromatic amines is 1. The Labute approximate surface area is 254 Å². The molecule has 0 radical (unpaired) electrons. The van der Waals surface area contributed by atoms with Gasteiger partial charge in [-0.05, 0) is 17.9 Å². The number of fused-ring (bicyclic) bond motifs is 5. The summed E-state index contributed by atoms with van der Waals surface area (Å²) in [5, 5.41) is 0. The highest BCUT2D eigenvalue weighted by atomic mass is 32.5. The van der Waals surface area contributed by atoms with E-state index in [9.17, 15) is 19.1 Å². The molecular weight excluding hydrogens is 670 g/mol. The molecule has 0 saturated carbocycles. The van der Waals surface area contributed by atoms with Crippen LogP contribution in [0.3, 0.4) is 0 Å². The Morgan fingerprint density at radius 3 is 2.40 bits per heavy atom. The third-order valence-electron chi connectivity index (χ3n) is 7.34. The minimum atomic E-state index is -5.14. The molecule has 0 aliphatic carbocycles. The summed E-state index contributed by atoms with van der Waals surface area (Å²) in [6, 6.07) is 1.49. The molecule has 4 aromatic heterocycles. The molecule has 3 saturated heterocycles. The monoisotopic (exact) mass is 693 g/mol. The first kappa shape index (κ1) is 30.6. The topological polar surface area (TPSA) is 259 Å². The number of phosphoric ester groups is 1. The third kappa shape index (κ3) is 5.44. The molecule has 7 heterocycles. The van der Waals surface area contributed by atoms with E-state index in [1.54, 1.807) is 0 Å². The smallest absolute Gasteiger partial charge is 0.397 e. The summed E-state index contributed by atoms with van der Waals surface area (Å²) in [6.07, 6.45) is -10.3. The average Bonchev–Trinajstić information content (AvgIpc) is 3.72. The summed E-state index contributed by atoms with van der Waals surface area (Å²) in [7, 11) is -5.14. The van der Waals surface area contributed by atoms with E-state index in [0.717, 1.165) is 10.9 Å². The Bertz CT molecular complexity index is 1950. The number of H-pyrrole nitrogens is 1. The van der Waals surface area contributed by atoms with Gasteiger partial charge < -0.3 is 35.3 Å². The SMILES string of the molecule is Nc1nc2c(ncn2[C@@H]2O[C@@H]3COP(=O)(O)O[C@H]4[C@H](F)[C@H](n5cnc6c(N)ccnc65)O[C@@H]4COP(O)(=S)O[C@H]2[C@@H]3F)c(=O)[nH]1. The van der Waals surface area contributed by atoms with Crippen LogP contribution in [0.1, 0.15) is 12.5 Å². The van der Waals surface area contributed by atoms with Crippen molar-refractivity contribution in [1.29, 1.82) is 0 Å². The predicted octanol–water partition coefficient (Wildman–Crippen LogP) is 0.334. The summed E-state index contributed by atoms with van der Waals surface area (Å²) < 4.78 is 79.7. The lowest BCUT2D eigenvalue weighted by Gasteiger charge is -2.27. The first-order valence-corrected chi connectivity index (χ1v) is 17.1. The molecule has 242 valence electrons. The summed E-state index contributed by atoms with van der Waals surface area (Å²) in [4.78, 5) is 52.3. The van der Waals surface area contributed by atoms with Gasteiger partial charge in [-0.3, -0.25) is 32.5 Å². The number of nitrogen functional groups attached to an aromatic ring is 2. The van der Waals surface area contributed by atoms with Gasteiger partial charge in [-0.25, -0.2) is 28.3 Å². The van der Waals surface area contributed by atoms with Gasteiger partial charge in [-0.1, -0.05) is 0 Å². The van der Waals surface area contributed by atoms with Crippen molar-refractivity contribution in [2.45, 2.75) is 49.2 Å². The van der Waals surface area contributed by atoms with Gasteiger partial charge in [0.2, 0.25) is 5.95 Å². The molecule has 10 atom stereocenters. The molecule has 24 heteroatoms. The van der Waals surface area contributed by atoms with Gasteiger partial charge in [-0.15, -0.1) is 0 Å². The van der Waals surface area contributed by atoms with E-state index in [0.29, 0.717) is 0 Å². The zero-order chi connectivity index (χ0) is 31.8. The number of nitrogens with two attached hydrogens (primary N) is 2. The maximum Gasteiger partial charge on any atom is 0.472 e. The van der Waals surface area contributed by atoms with Gasteiger partial charge in [0.15, 0.2) is 41.6 Å². The van der Waals surface area contributed by atoms with Crippen molar-refractivity contribution in [3.05, 3.63) is 35.3 Å².